The van der Waals surface area contributed by atoms with E-state index in [-0.39, 0.29) is 50.3 Å². The van der Waals surface area contributed by atoms with Gasteiger partial charge in [-0.3, -0.25) is 4.55 Å². The first-order valence-electron chi connectivity index (χ1n) is 17.8. The third kappa shape index (κ3) is 12.5. The van der Waals surface area contributed by atoms with Gasteiger partial charge in [-0.2, -0.15) is 8.42 Å². The number of aliphatic hydroxyl groups is 1. The van der Waals surface area contributed by atoms with Crippen LogP contribution in [0.4, 0.5) is 0 Å². The molecule has 4 aliphatic rings. The molecule has 0 unspecified atom stereocenters. The van der Waals surface area contributed by atoms with Crippen LogP contribution in [-0.2, 0) is 14.6 Å². The standard InChI is InChI=1S/C34H65N3O5S.6H2O/c1-23(2)31(42-43(39,40)41)12-9-24(3)27-10-11-28-32-29(14-16-34(27,28)5)33(4)15-13-26(21-25(33)22-30(32)38)37-20-8-19-36-18-7-6-17-35;;;;;;/h23-32,36-38H,6-22,35H2,1-5H3,(H,39,40,41);6*1H2/t24-,25-,26+,27-,28+,29+,30-,31-,32+,33+,34-;;;;;;/m1....../s1. The van der Waals surface area contributed by atoms with E-state index in [9.17, 15) is 18.1 Å². The van der Waals surface area contributed by atoms with E-state index in [2.05, 4.69) is 31.4 Å². The molecule has 0 bridgehead atoms. The van der Waals surface area contributed by atoms with Crippen molar-refractivity contribution >= 4 is 10.4 Å². The molecule has 0 aliphatic heterocycles. The number of unbranched alkanes of at least 4 members (excludes halogenated alkanes) is 1. The number of hydrogen-bond acceptors (Lipinski definition) is 7. The second kappa shape index (κ2) is 22.5. The lowest BCUT2D eigenvalue weighted by molar-refractivity contribution is -0.167. The highest BCUT2D eigenvalue weighted by molar-refractivity contribution is 7.80. The molecule has 0 amide bonds. The summed E-state index contributed by atoms with van der Waals surface area (Å²) in [6.07, 6.45) is 13.7. The summed E-state index contributed by atoms with van der Waals surface area (Å²) >= 11 is 0. The first kappa shape index (κ1) is 52.8. The summed E-state index contributed by atoms with van der Waals surface area (Å²) in [5.74, 6) is 3.21. The maximum absolute atomic E-state index is 11.8. The molecule has 49 heavy (non-hydrogen) atoms. The van der Waals surface area contributed by atoms with E-state index in [0.717, 1.165) is 58.3 Å². The highest BCUT2D eigenvalue weighted by Crippen LogP contribution is 2.68. The van der Waals surface area contributed by atoms with Crippen LogP contribution in [0.25, 0.3) is 0 Å². The summed E-state index contributed by atoms with van der Waals surface area (Å²) < 4.78 is 37.1. The van der Waals surface area contributed by atoms with Gasteiger partial charge in [0.05, 0.1) is 12.2 Å². The maximum Gasteiger partial charge on any atom is 0.397 e. The molecule has 4 fully saturated rings. The van der Waals surface area contributed by atoms with E-state index in [1.54, 1.807) is 0 Å². The zero-order valence-electron chi connectivity index (χ0n) is 30.9. The van der Waals surface area contributed by atoms with Crippen molar-refractivity contribution in [3.8, 4) is 0 Å². The molecule has 0 spiro atoms. The van der Waals surface area contributed by atoms with Crippen molar-refractivity contribution < 1.29 is 55.1 Å². The topological polar surface area (TPSA) is 323 Å². The van der Waals surface area contributed by atoms with E-state index >= 15 is 0 Å². The monoisotopic (exact) mass is 736 g/mol. The Kier molecular flexibility index (Phi) is 24.3. The molecule has 4 aliphatic carbocycles. The van der Waals surface area contributed by atoms with Crippen LogP contribution < -0.4 is 16.4 Å². The van der Waals surface area contributed by atoms with Gasteiger partial charge in [0.25, 0.3) is 0 Å². The Labute approximate surface area is 296 Å². The predicted molar refractivity (Wildman–Crippen MR) is 196 cm³/mol. The van der Waals surface area contributed by atoms with Gasteiger partial charge in [-0.15, -0.1) is 0 Å². The molecular formula is C34H77N3O11S. The molecule has 300 valence electrons. The molecule has 0 aromatic heterocycles. The summed E-state index contributed by atoms with van der Waals surface area (Å²) in [7, 11) is -4.45. The Morgan fingerprint density at radius 3 is 2.04 bits per heavy atom. The van der Waals surface area contributed by atoms with Gasteiger partial charge in [-0.05, 0) is 162 Å². The lowest BCUT2D eigenvalue weighted by Crippen LogP contribution is -2.59. The second-order valence-electron chi connectivity index (χ2n) is 15.9. The van der Waals surface area contributed by atoms with E-state index in [1.165, 1.54) is 44.9 Å². The number of hydrogen-bond donors (Lipinski definition) is 5. The van der Waals surface area contributed by atoms with Gasteiger partial charge in [0.1, 0.15) is 0 Å². The highest BCUT2D eigenvalue weighted by atomic mass is 32.3. The number of fused-ring (bicyclic) bond motifs is 5. The molecule has 0 aromatic carbocycles. The van der Waals surface area contributed by atoms with Gasteiger partial charge in [0.15, 0.2) is 0 Å². The van der Waals surface area contributed by atoms with Crippen molar-refractivity contribution in [2.75, 3.05) is 26.2 Å². The van der Waals surface area contributed by atoms with Crippen LogP contribution in [0.3, 0.4) is 0 Å². The summed E-state index contributed by atoms with van der Waals surface area (Å²) in [4.78, 5) is 0. The Bertz CT molecular complexity index is 996. The highest BCUT2D eigenvalue weighted by Gasteiger charge is 2.62. The molecule has 14 nitrogen and oxygen atoms in total. The minimum Gasteiger partial charge on any atom is -0.412 e. The van der Waals surface area contributed by atoms with E-state index in [1.807, 2.05) is 13.8 Å². The molecule has 0 radical (unpaired) electrons. The lowest BCUT2D eigenvalue weighted by Gasteiger charge is -2.62. The van der Waals surface area contributed by atoms with E-state index < -0.39 is 16.5 Å². The second-order valence-corrected chi connectivity index (χ2v) is 17.0. The van der Waals surface area contributed by atoms with Crippen LogP contribution >= 0.6 is 0 Å². The average molecular weight is 736 g/mol. The fourth-order valence-corrected chi connectivity index (χ4v) is 11.3. The van der Waals surface area contributed by atoms with Crippen LogP contribution in [0.1, 0.15) is 118 Å². The summed E-state index contributed by atoms with van der Waals surface area (Å²) in [6.45, 7) is 15.3. The molecule has 18 N–H and O–H groups in total. The molecule has 11 atom stereocenters. The molecule has 0 heterocycles. The van der Waals surface area contributed by atoms with Gasteiger partial charge >= 0.3 is 10.4 Å². The molecule has 0 aromatic rings. The number of nitrogens with two attached hydrogens (primary N) is 1. The van der Waals surface area contributed by atoms with Crippen LogP contribution in [0.5, 0.6) is 0 Å². The normalized spacial score (nSPS) is 34.4. The van der Waals surface area contributed by atoms with Crippen molar-refractivity contribution in [2.45, 2.75) is 136 Å². The molecule has 15 heteroatoms. The van der Waals surface area contributed by atoms with Crippen molar-refractivity contribution in [3.63, 3.8) is 0 Å². The first-order valence-corrected chi connectivity index (χ1v) is 19.1. The largest absolute Gasteiger partial charge is 0.412 e. The quantitative estimate of drug-likeness (QED) is 0.110. The fourth-order valence-electron chi connectivity index (χ4n) is 10.7. The number of aliphatic hydroxyl groups excluding tert-OH is 1. The molecule has 4 saturated carbocycles. The number of rotatable bonds is 16. The van der Waals surface area contributed by atoms with Crippen LogP contribution in [0.15, 0.2) is 0 Å². The van der Waals surface area contributed by atoms with Crippen molar-refractivity contribution in [1.82, 2.24) is 10.6 Å². The van der Waals surface area contributed by atoms with Gasteiger partial charge in [0, 0.05) is 6.04 Å². The zero-order valence-corrected chi connectivity index (χ0v) is 31.7. The first-order chi connectivity index (χ1) is 20.3. The maximum atomic E-state index is 11.8. The van der Waals surface area contributed by atoms with E-state index in [0.29, 0.717) is 53.4 Å². The molecule has 0 saturated heterocycles. The van der Waals surface area contributed by atoms with Gasteiger partial charge < -0.3 is 54.3 Å². The lowest BCUT2D eigenvalue weighted by atomic mass is 9.43. The minimum atomic E-state index is -4.45. The zero-order chi connectivity index (χ0) is 31.4. The fraction of sp³-hybridized carbons (Fsp3) is 1.00. The Morgan fingerprint density at radius 2 is 1.43 bits per heavy atom. The predicted octanol–water partition coefficient (Wildman–Crippen LogP) is 0.605. The Balaban J connectivity index is -0.00000353. The average Bonchev–Trinajstić information content (AvgIpc) is 3.29. The SMILES string of the molecule is CC(C)[C@@H](CC[C@@H](C)[C@H]1CC[C@H]2[C@@H]3[C@H](O)C[C@H]4C[C@@H](NCCCNCCCCN)CC[C@]4(C)[C@H]3CC[C@]12C)OS(=O)(=O)O.O.O.O.O.O.O. The van der Waals surface area contributed by atoms with Crippen LogP contribution in [0.2, 0.25) is 0 Å². The van der Waals surface area contributed by atoms with Crippen molar-refractivity contribution in [3.05, 3.63) is 0 Å². The summed E-state index contributed by atoms with van der Waals surface area (Å²) in [5, 5.41) is 19.2. The van der Waals surface area contributed by atoms with Crippen molar-refractivity contribution in [1.29, 1.82) is 0 Å². The smallest absolute Gasteiger partial charge is 0.397 e. The summed E-state index contributed by atoms with van der Waals surface area (Å²) in [6, 6.07) is 0.573. The molecule has 4 rings (SSSR count). The number of nitrogens with one attached hydrogen (secondary N) is 2. The van der Waals surface area contributed by atoms with Gasteiger partial charge in [0.2, 0.25) is 0 Å². The summed E-state index contributed by atoms with van der Waals surface area (Å²) in [5.41, 5.74) is 6.13. The minimum absolute atomic E-state index is 0. The Hall–Kier alpha value is -0.530. The third-order valence-corrected chi connectivity index (χ3v) is 13.6. The van der Waals surface area contributed by atoms with Gasteiger partial charge in [-0.25, -0.2) is 4.18 Å². The van der Waals surface area contributed by atoms with Crippen LogP contribution in [0, 0.1) is 52.3 Å². The third-order valence-electron chi connectivity index (χ3n) is 13.1. The Morgan fingerprint density at radius 1 is 0.816 bits per heavy atom. The van der Waals surface area contributed by atoms with Crippen molar-refractivity contribution in [2.24, 2.45) is 58.0 Å². The van der Waals surface area contributed by atoms with Crippen LogP contribution in [-0.4, -0.2) is 95.4 Å². The van der Waals surface area contributed by atoms with Gasteiger partial charge in [-0.1, -0.05) is 34.6 Å². The van der Waals surface area contributed by atoms with E-state index in [4.69, 9.17) is 9.92 Å². The molecular weight excluding hydrogens is 658 g/mol.